The predicted molar refractivity (Wildman–Crippen MR) is 120 cm³/mol. The molecule has 3 aromatic carbocycles. The summed E-state index contributed by atoms with van der Waals surface area (Å²) in [5.41, 5.74) is -0.193. The van der Waals surface area contributed by atoms with Gasteiger partial charge in [-0.1, -0.05) is 48.5 Å². The molecule has 38 heavy (non-hydrogen) atoms. The lowest BCUT2D eigenvalue weighted by Crippen LogP contribution is -2.38. The topological polar surface area (TPSA) is 21.7 Å². The van der Waals surface area contributed by atoms with Crippen LogP contribution in [0.2, 0.25) is 0 Å². The van der Waals surface area contributed by atoms with Crippen LogP contribution in [0, 0.1) is 0 Å². The van der Waals surface area contributed by atoms with E-state index < -0.39 is 48.8 Å². The number of rotatable bonds is 7. The largest absolute Gasteiger partial charge is 0.573 e. The molecule has 1 heterocycles. The van der Waals surface area contributed by atoms with Gasteiger partial charge in [-0.25, -0.2) is 0 Å². The summed E-state index contributed by atoms with van der Waals surface area (Å²) in [4.78, 5) is 1.44. The molecule has 12 heteroatoms. The van der Waals surface area contributed by atoms with Gasteiger partial charge in [0.15, 0.2) is 0 Å². The van der Waals surface area contributed by atoms with E-state index in [1.165, 1.54) is 35.2 Å². The standard InChI is InChI=1S/C26H20F9NO2/c27-24(28,29)12-13-36-16-23(20-9-2-3-10-21(20)36,18-7-5-8-19(14-18)37-25(30,31)32)15-17-6-1-4-11-22(17)38-26(33,34)35/h1-11,14H,12-13,15-16H2. The highest BCUT2D eigenvalue weighted by Crippen LogP contribution is 2.49. The minimum atomic E-state index is -5.02. The fraction of sp³-hybridized carbons (Fsp3) is 0.308. The van der Waals surface area contributed by atoms with Crippen LogP contribution in [-0.2, 0) is 11.8 Å². The van der Waals surface area contributed by atoms with Gasteiger partial charge in [0.2, 0.25) is 0 Å². The van der Waals surface area contributed by atoms with Gasteiger partial charge in [0.25, 0.3) is 0 Å². The Morgan fingerprint density at radius 3 is 2.08 bits per heavy atom. The van der Waals surface area contributed by atoms with E-state index in [1.54, 1.807) is 24.3 Å². The summed E-state index contributed by atoms with van der Waals surface area (Å²) in [6, 6.07) is 16.6. The van der Waals surface area contributed by atoms with E-state index in [0.717, 1.165) is 18.2 Å². The SMILES string of the molecule is FC(F)(F)CCN1CC(Cc2ccccc2OC(F)(F)F)(c2cccc(OC(F)(F)F)c2)c2ccccc21. The monoisotopic (exact) mass is 549 g/mol. The number of benzene rings is 3. The summed E-state index contributed by atoms with van der Waals surface area (Å²) in [7, 11) is 0. The van der Waals surface area contributed by atoms with Crippen LogP contribution in [0.3, 0.4) is 0 Å². The van der Waals surface area contributed by atoms with E-state index in [-0.39, 0.29) is 24.1 Å². The summed E-state index contributed by atoms with van der Waals surface area (Å²) in [5.74, 6) is -1.09. The van der Waals surface area contributed by atoms with Crippen LogP contribution < -0.4 is 14.4 Å². The number of para-hydroxylation sites is 2. The summed E-state index contributed by atoms with van der Waals surface area (Å²) in [6.07, 6.45) is -15.9. The molecule has 1 aliphatic heterocycles. The highest BCUT2D eigenvalue weighted by atomic mass is 19.4. The summed E-state index contributed by atoms with van der Waals surface area (Å²) in [5, 5.41) is 0. The number of halogens is 9. The zero-order valence-corrected chi connectivity index (χ0v) is 19.4. The lowest BCUT2D eigenvalue weighted by molar-refractivity contribution is -0.275. The molecule has 0 N–H and O–H groups in total. The number of hydrogen-bond donors (Lipinski definition) is 0. The van der Waals surface area contributed by atoms with Gasteiger partial charge in [0.1, 0.15) is 11.5 Å². The Labute approximate surface area is 211 Å². The van der Waals surface area contributed by atoms with E-state index in [2.05, 4.69) is 9.47 Å². The molecule has 204 valence electrons. The third kappa shape index (κ3) is 6.46. The molecule has 3 nitrogen and oxygen atoms in total. The fourth-order valence-corrected chi connectivity index (χ4v) is 4.80. The van der Waals surface area contributed by atoms with Crippen molar-refractivity contribution in [2.75, 3.05) is 18.0 Å². The van der Waals surface area contributed by atoms with Crippen LogP contribution in [0.4, 0.5) is 45.2 Å². The molecule has 0 saturated heterocycles. The molecular formula is C26H20F9NO2. The molecule has 0 aliphatic carbocycles. The second kappa shape index (κ2) is 9.95. The molecule has 0 saturated carbocycles. The van der Waals surface area contributed by atoms with E-state index in [9.17, 15) is 39.5 Å². The van der Waals surface area contributed by atoms with Crippen molar-refractivity contribution in [1.29, 1.82) is 0 Å². The van der Waals surface area contributed by atoms with Gasteiger partial charge in [-0.2, -0.15) is 13.2 Å². The van der Waals surface area contributed by atoms with Crippen molar-refractivity contribution in [2.24, 2.45) is 0 Å². The van der Waals surface area contributed by atoms with Gasteiger partial charge in [0.05, 0.1) is 6.42 Å². The number of anilines is 1. The van der Waals surface area contributed by atoms with E-state index >= 15 is 0 Å². The normalized spacial score (nSPS) is 17.9. The zero-order chi connectivity index (χ0) is 27.8. The molecule has 1 aliphatic rings. The number of ether oxygens (including phenoxy) is 2. The Bertz CT molecular complexity index is 1270. The molecule has 1 unspecified atom stereocenters. The first-order valence-corrected chi connectivity index (χ1v) is 11.3. The van der Waals surface area contributed by atoms with Gasteiger partial charge in [0, 0.05) is 24.2 Å². The first-order chi connectivity index (χ1) is 17.7. The number of nitrogens with zero attached hydrogens (tertiary/aromatic N) is 1. The maximum absolute atomic E-state index is 13.1. The molecule has 0 aromatic heterocycles. The van der Waals surface area contributed by atoms with Crippen molar-refractivity contribution < 1.29 is 49.0 Å². The summed E-state index contributed by atoms with van der Waals surface area (Å²) in [6.45, 7) is -0.597. The summed E-state index contributed by atoms with van der Waals surface area (Å²) >= 11 is 0. The lowest BCUT2D eigenvalue weighted by atomic mass is 9.71. The predicted octanol–water partition coefficient (Wildman–Crippen LogP) is 7.79. The highest BCUT2D eigenvalue weighted by molar-refractivity contribution is 5.67. The van der Waals surface area contributed by atoms with E-state index in [0.29, 0.717) is 11.3 Å². The lowest BCUT2D eigenvalue weighted by Gasteiger charge is -2.33. The maximum Gasteiger partial charge on any atom is 0.573 e. The third-order valence-corrected chi connectivity index (χ3v) is 6.20. The quantitative estimate of drug-likeness (QED) is 0.281. The van der Waals surface area contributed by atoms with Crippen molar-refractivity contribution in [3.05, 3.63) is 89.5 Å². The number of hydrogen-bond acceptors (Lipinski definition) is 3. The minimum absolute atomic E-state index is 0.0689. The van der Waals surface area contributed by atoms with Crippen molar-refractivity contribution >= 4 is 5.69 Å². The van der Waals surface area contributed by atoms with Crippen LogP contribution in [0.15, 0.2) is 72.8 Å². The maximum atomic E-state index is 13.1. The molecule has 0 bridgehead atoms. The van der Waals surface area contributed by atoms with Crippen molar-refractivity contribution in [1.82, 2.24) is 0 Å². The first-order valence-electron chi connectivity index (χ1n) is 11.3. The van der Waals surface area contributed by atoms with Crippen molar-refractivity contribution in [3.8, 4) is 11.5 Å². The number of fused-ring (bicyclic) bond motifs is 1. The fourth-order valence-electron chi connectivity index (χ4n) is 4.80. The average Bonchev–Trinajstić information content (AvgIpc) is 3.11. The van der Waals surface area contributed by atoms with Gasteiger partial charge >= 0.3 is 18.9 Å². The third-order valence-electron chi connectivity index (χ3n) is 6.20. The van der Waals surface area contributed by atoms with Gasteiger partial charge in [-0.3, -0.25) is 0 Å². The molecule has 1 atom stereocenters. The van der Waals surface area contributed by atoms with Gasteiger partial charge < -0.3 is 14.4 Å². The Morgan fingerprint density at radius 1 is 0.737 bits per heavy atom. The molecule has 0 spiro atoms. The Balaban J connectivity index is 1.86. The molecule has 4 rings (SSSR count). The van der Waals surface area contributed by atoms with E-state index in [4.69, 9.17) is 0 Å². The smallest absolute Gasteiger partial charge is 0.406 e. The Kier molecular flexibility index (Phi) is 7.19. The molecule has 0 amide bonds. The van der Waals surface area contributed by atoms with Crippen LogP contribution in [0.1, 0.15) is 23.1 Å². The van der Waals surface area contributed by atoms with Crippen LogP contribution in [0.5, 0.6) is 11.5 Å². The molecular weight excluding hydrogens is 529 g/mol. The second-order valence-corrected chi connectivity index (χ2v) is 8.79. The second-order valence-electron chi connectivity index (χ2n) is 8.79. The molecule has 0 fully saturated rings. The first kappa shape index (κ1) is 27.5. The highest BCUT2D eigenvalue weighted by Gasteiger charge is 2.46. The molecule has 3 aromatic rings. The zero-order valence-electron chi connectivity index (χ0n) is 19.4. The molecule has 0 radical (unpaired) electrons. The van der Waals surface area contributed by atoms with Crippen LogP contribution in [0.25, 0.3) is 0 Å². The van der Waals surface area contributed by atoms with Gasteiger partial charge in [-0.15, -0.1) is 26.3 Å². The van der Waals surface area contributed by atoms with Crippen LogP contribution in [-0.4, -0.2) is 32.0 Å². The van der Waals surface area contributed by atoms with Crippen molar-refractivity contribution in [3.63, 3.8) is 0 Å². The van der Waals surface area contributed by atoms with Crippen LogP contribution >= 0.6 is 0 Å². The van der Waals surface area contributed by atoms with Crippen molar-refractivity contribution in [2.45, 2.75) is 37.2 Å². The number of alkyl halides is 9. The average molecular weight is 549 g/mol. The van der Waals surface area contributed by atoms with E-state index in [1.807, 2.05) is 0 Å². The Hall–Kier alpha value is -3.57. The van der Waals surface area contributed by atoms with Gasteiger partial charge in [-0.05, 0) is 47.4 Å². The Morgan fingerprint density at radius 2 is 1.39 bits per heavy atom. The minimum Gasteiger partial charge on any atom is -0.406 e. The summed E-state index contributed by atoms with van der Waals surface area (Å²) < 4.78 is 126.